The first-order valence-electron chi connectivity index (χ1n) is 5.89. The highest BCUT2D eigenvalue weighted by molar-refractivity contribution is 7.15. The molecule has 1 atom stereocenters. The topological polar surface area (TPSA) is 37.3 Å². The summed E-state index contributed by atoms with van der Waals surface area (Å²) in [6, 6.07) is 10.3. The van der Waals surface area contributed by atoms with E-state index in [1.54, 1.807) is 18.3 Å². The van der Waals surface area contributed by atoms with Crippen molar-refractivity contribution >= 4 is 17.3 Å². The first kappa shape index (κ1) is 12.8. The van der Waals surface area contributed by atoms with E-state index in [9.17, 15) is 4.79 Å². The molecular weight excluding hydrogens is 244 g/mol. The van der Waals surface area contributed by atoms with Gasteiger partial charge in [-0.2, -0.15) is 0 Å². The van der Waals surface area contributed by atoms with Gasteiger partial charge in [-0.05, 0) is 44.0 Å². The van der Waals surface area contributed by atoms with Crippen LogP contribution in [0.3, 0.4) is 0 Å². The first-order chi connectivity index (χ1) is 8.49. The van der Waals surface area contributed by atoms with Crippen molar-refractivity contribution in [1.82, 2.24) is 0 Å². The summed E-state index contributed by atoms with van der Waals surface area (Å²) in [5.41, 5.74) is 3.64. The third kappa shape index (κ3) is 2.46. The Morgan fingerprint density at radius 3 is 2.61 bits per heavy atom. The molecule has 0 aliphatic carbocycles. The summed E-state index contributed by atoms with van der Waals surface area (Å²) in [5.74, 6) is -1.21. The van der Waals surface area contributed by atoms with Gasteiger partial charge < -0.3 is 5.11 Å². The minimum absolute atomic E-state index is 0.436. The van der Waals surface area contributed by atoms with Crippen LogP contribution in [0.5, 0.6) is 0 Å². The number of aliphatic carboxylic acids is 1. The van der Waals surface area contributed by atoms with Crippen LogP contribution in [0.15, 0.2) is 30.3 Å². The van der Waals surface area contributed by atoms with Gasteiger partial charge >= 0.3 is 5.97 Å². The van der Waals surface area contributed by atoms with Crippen LogP contribution < -0.4 is 0 Å². The molecule has 1 heterocycles. The van der Waals surface area contributed by atoms with Crippen molar-refractivity contribution in [3.63, 3.8) is 0 Å². The Bertz CT molecular complexity index is 584. The van der Waals surface area contributed by atoms with E-state index in [-0.39, 0.29) is 0 Å². The number of aryl methyl sites for hydroxylation is 2. The molecule has 2 nitrogen and oxygen atoms in total. The third-order valence-corrected chi connectivity index (χ3v) is 4.38. The maximum atomic E-state index is 11.0. The Balaban J connectivity index is 2.41. The average Bonchev–Trinajstić information content (AvgIpc) is 2.80. The van der Waals surface area contributed by atoms with Crippen LogP contribution in [0, 0.1) is 13.8 Å². The van der Waals surface area contributed by atoms with Crippen LogP contribution in [0.1, 0.15) is 28.8 Å². The fourth-order valence-electron chi connectivity index (χ4n) is 1.85. The highest BCUT2D eigenvalue weighted by Crippen LogP contribution is 2.34. The van der Waals surface area contributed by atoms with E-state index in [4.69, 9.17) is 5.11 Å². The minimum atomic E-state index is -0.774. The molecule has 1 aromatic heterocycles. The molecule has 0 fully saturated rings. The van der Waals surface area contributed by atoms with Crippen molar-refractivity contribution in [3.05, 3.63) is 46.3 Å². The van der Waals surface area contributed by atoms with Crippen molar-refractivity contribution in [2.24, 2.45) is 0 Å². The number of carboxylic acid groups (broad SMARTS) is 1. The Hall–Kier alpha value is -1.61. The number of carbonyl (C=O) groups is 1. The molecular formula is C15H16O2S. The van der Waals surface area contributed by atoms with Gasteiger partial charge in [-0.15, -0.1) is 11.3 Å². The van der Waals surface area contributed by atoms with Gasteiger partial charge in [0, 0.05) is 9.75 Å². The molecule has 0 saturated heterocycles. The van der Waals surface area contributed by atoms with Crippen LogP contribution >= 0.6 is 11.3 Å². The fourth-order valence-corrected chi connectivity index (χ4v) is 2.99. The summed E-state index contributed by atoms with van der Waals surface area (Å²) in [6.45, 7) is 5.87. The highest BCUT2D eigenvalue weighted by atomic mass is 32.1. The largest absolute Gasteiger partial charge is 0.481 e. The van der Waals surface area contributed by atoms with E-state index in [1.807, 2.05) is 12.1 Å². The second-order valence-electron chi connectivity index (χ2n) is 4.58. The summed E-state index contributed by atoms with van der Waals surface area (Å²) in [6.07, 6.45) is 0. The van der Waals surface area contributed by atoms with Crippen LogP contribution in [0.4, 0.5) is 0 Å². The summed E-state index contributed by atoms with van der Waals surface area (Å²) in [5, 5.41) is 9.02. The zero-order chi connectivity index (χ0) is 13.3. The molecule has 18 heavy (non-hydrogen) atoms. The second kappa shape index (κ2) is 4.94. The van der Waals surface area contributed by atoms with Crippen molar-refractivity contribution in [2.75, 3.05) is 0 Å². The molecule has 0 bridgehead atoms. The zero-order valence-corrected chi connectivity index (χ0v) is 11.5. The van der Waals surface area contributed by atoms with Crippen LogP contribution in [-0.2, 0) is 4.79 Å². The molecule has 94 valence electrons. The van der Waals surface area contributed by atoms with E-state index < -0.39 is 11.9 Å². The molecule has 0 aliphatic heterocycles. The molecule has 2 rings (SSSR count). The van der Waals surface area contributed by atoms with Gasteiger partial charge in [0.05, 0.1) is 5.92 Å². The monoisotopic (exact) mass is 260 g/mol. The van der Waals surface area contributed by atoms with Crippen LogP contribution in [0.2, 0.25) is 0 Å². The number of hydrogen-bond donors (Lipinski definition) is 1. The Morgan fingerprint density at radius 2 is 1.94 bits per heavy atom. The minimum Gasteiger partial charge on any atom is -0.481 e. The van der Waals surface area contributed by atoms with E-state index in [1.165, 1.54) is 16.7 Å². The predicted octanol–water partition coefficient (Wildman–Crippen LogP) is 4.22. The van der Waals surface area contributed by atoms with Gasteiger partial charge in [-0.3, -0.25) is 4.79 Å². The van der Waals surface area contributed by atoms with Crippen molar-refractivity contribution in [3.8, 4) is 10.4 Å². The van der Waals surface area contributed by atoms with E-state index in [2.05, 4.69) is 32.0 Å². The predicted molar refractivity (Wildman–Crippen MR) is 75.3 cm³/mol. The van der Waals surface area contributed by atoms with Gasteiger partial charge in [0.2, 0.25) is 0 Å². The normalized spacial score (nSPS) is 12.4. The molecule has 0 spiro atoms. The van der Waals surface area contributed by atoms with Gasteiger partial charge in [-0.1, -0.05) is 23.8 Å². The molecule has 1 N–H and O–H groups in total. The van der Waals surface area contributed by atoms with Gasteiger partial charge in [0.15, 0.2) is 0 Å². The van der Waals surface area contributed by atoms with Crippen molar-refractivity contribution < 1.29 is 9.90 Å². The quantitative estimate of drug-likeness (QED) is 0.897. The summed E-state index contributed by atoms with van der Waals surface area (Å²) in [4.78, 5) is 13.0. The summed E-state index contributed by atoms with van der Waals surface area (Å²) in [7, 11) is 0. The Kier molecular flexibility index (Phi) is 3.53. The van der Waals surface area contributed by atoms with Gasteiger partial charge in [-0.25, -0.2) is 0 Å². The van der Waals surface area contributed by atoms with Crippen molar-refractivity contribution in [2.45, 2.75) is 26.7 Å². The molecule has 1 aromatic carbocycles. The zero-order valence-electron chi connectivity index (χ0n) is 10.7. The molecule has 0 amide bonds. The lowest BCUT2D eigenvalue weighted by Gasteiger charge is -2.05. The number of hydrogen-bond acceptors (Lipinski definition) is 2. The van der Waals surface area contributed by atoms with Crippen LogP contribution in [-0.4, -0.2) is 11.1 Å². The lowest BCUT2D eigenvalue weighted by molar-refractivity contribution is -0.138. The SMILES string of the molecule is Cc1ccc(C)c(-c2ccc(C(C)C(=O)O)s2)c1. The maximum Gasteiger partial charge on any atom is 0.311 e. The van der Waals surface area contributed by atoms with E-state index in [0.717, 1.165) is 9.75 Å². The van der Waals surface area contributed by atoms with Crippen LogP contribution in [0.25, 0.3) is 10.4 Å². The molecule has 0 saturated carbocycles. The standard InChI is InChI=1S/C15H16O2S/c1-9-4-5-10(2)12(8-9)14-7-6-13(18-14)11(3)15(16)17/h4-8,11H,1-3H3,(H,16,17). The molecule has 0 radical (unpaired) electrons. The Labute approximate surface area is 111 Å². The molecule has 1 unspecified atom stereocenters. The van der Waals surface area contributed by atoms with Crippen molar-refractivity contribution in [1.29, 1.82) is 0 Å². The number of benzene rings is 1. The van der Waals surface area contributed by atoms with E-state index >= 15 is 0 Å². The fraction of sp³-hybridized carbons (Fsp3) is 0.267. The lowest BCUT2D eigenvalue weighted by Crippen LogP contribution is -2.04. The summed E-state index contributed by atoms with van der Waals surface area (Å²) < 4.78 is 0. The highest BCUT2D eigenvalue weighted by Gasteiger charge is 2.16. The molecule has 0 aliphatic rings. The van der Waals surface area contributed by atoms with Gasteiger partial charge in [0.1, 0.15) is 0 Å². The smallest absolute Gasteiger partial charge is 0.311 e. The number of carboxylic acids is 1. The molecule has 2 aromatic rings. The first-order valence-corrected chi connectivity index (χ1v) is 6.71. The van der Waals surface area contributed by atoms with Gasteiger partial charge in [0.25, 0.3) is 0 Å². The summed E-state index contributed by atoms with van der Waals surface area (Å²) >= 11 is 1.56. The number of rotatable bonds is 3. The number of thiophene rings is 1. The molecule has 3 heteroatoms. The van der Waals surface area contributed by atoms with E-state index in [0.29, 0.717) is 0 Å². The Morgan fingerprint density at radius 1 is 1.22 bits per heavy atom. The second-order valence-corrected chi connectivity index (χ2v) is 5.70. The maximum absolute atomic E-state index is 11.0. The third-order valence-electron chi connectivity index (χ3n) is 3.08. The lowest BCUT2D eigenvalue weighted by atomic mass is 10.0. The average molecular weight is 260 g/mol.